The van der Waals surface area contributed by atoms with Gasteiger partial charge in [0.2, 0.25) is 5.91 Å². The highest BCUT2D eigenvalue weighted by Gasteiger charge is 2.48. The van der Waals surface area contributed by atoms with Crippen LogP contribution in [0.25, 0.3) is 11.0 Å². The van der Waals surface area contributed by atoms with Gasteiger partial charge in [-0.3, -0.25) is 4.79 Å². The fourth-order valence-corrected chi connectivity index (χ4v) is 5.60. The summed E-state index contributed by atoms with van der Waals surface area (Å²) in [5.41, 5.74) is 2.52. The van der Waals surface area contributed by atoms with E-state index in [0.29, 0.717) is 31.6 Å². The highest BCUT2D eigenvalue weighted by Crippen LogP contribution is 2.30. The van der Waals surface area contributed by atoms with E-state index in [1.165, 1.54) is 6.42 Å². The summed E-state index contributed by atoms with van der Waals surface area (Å²) in [6.07, 6.45) is 6.24. The molecule has 0 atom stereocenters. The van der Waals surface area contributed by atoms with E-state index in [0.717, 1.165) is 48.9 Å². The van der Waals surface area contributed by atoms with Crippen molar-refractivity contribution in [3.63, 3.8) is 0 Å². The Balaban J connectivity index is 1.64. The number of sulfone groups is 1. The maximum absolute atomic E-state index is 13.0. The largest absolute Gasteiger partial charge is 0.328 e. The minimum absolute atomic E-state index is 0.290. The van der Waals surface area contributed by atoms with E-state index in [9.17, 15) is 13.2 Å². The number of aromatic nitrogens is 2. The second-order valence-corrected chi connectivity index (χ2v) is 9.99. The molecule has 1 fully saturated rings. The molecule has 2 aliphatic rings. The summed E-state index contributed by atoms with van der Waals surface area (Å²) in [7, 11) is -3.53. The number of fused-ring (bicyclic) bond motifs is 3. The van der Waals surface area contributed by atoms with E-state index in [4.69, 9.17) is 4.98 Å². The second-order valence-electron chi connectivity index (χ2n) is 7.66. The van der Waals surface area contributed by atoms with Gasteiger partial charge in [0.1, 0.15) is 5.82 Å². The lowest BCUT2D eigenvalue weighted by atomic mass is 9.95. The zero-order chi connectivity index (χ0) is 19.1. The van der Waals surface area contributed by atoms with Gasteiger partial charge in [0.15, 0.2) is 14.6 Å². The number of nitrogens with one attached hydrogen (secondary N) is 2. The Labute approximate surface area is 159 Å². The minimum Gasteiger partial charge on any atom is -0.328 e. The van der Waals surface area contributed by atoms with E-state index in [-0.39, 0.29) is 0 Å². The zero-order valence-electron chi connectivity index (χ0n) is 15.6. The summed E-state index contributed by atoms with van der Waals surface area (Å²) < 4.78 is 25.7. The highest BCUT2D eigenvalue weighted by molar-refractivity contribution is 7.92. The van der Waals surface area contributed by atoms with Gasteiger partial charge >= 0.3 is 0 Å². The maximum Gasteiger partial charge on any atom is 0.245 e. The molecule has 1 aromatic heterocycles. The Bertz CT molecular complexity index is 974. The van der Waals surface area contributed by atoms with Crippen LogP contribution in [0.15, 0.2) is 18.2 Å². The topological polar surface area (TPSA) is 93.1 Å². The van der Waals surface area contributed by atoms with Crippen LogP contribution in [-0.4, -0.2) is 48.0 Å². The Morgan fingerprint density at radius 1 is 1.22 bits per heavy atom. The third-order valence-electron chi connectivity index (χ3n) is 5.90. The Kier molecular flexibility index (Phi) is 4.71. The summed E-state index contributed by atoms with van der Waals surface area (Å²) in [5.74, 6) is 0.656. The molecule has 0 spiro atoms. The molecule has 0 unspecified atom stereocenters. The molecule has 146 valence electrons. The van der Waals surface area contributed by atoms with Crippen LogP contribution in [0.4, 0.5) is 5.69 Å². The molecule has 4 rings (SSSR count). The lowest BCUT2D eigenvalue weighted by Crippen LogP contribution is -2.55. The van der Waals surface area contributed by atoms with Crippen LogP contribution >= 0.6 is 0 Å². The van der Waals surface area contributed by atoms with Crippen molar-refractivity contribution in [2.75, 3.05) is 24.7 Å². The number of rotatable bonds is 3. The standard InChI is InChI=1S/C19H26N4O3S/c1-27(25,26)19(8-10-20-11-9-19)18(24)21-14-6-7-16-15(13-14)22-17-5-3-2-4-12-23(16)17/h6-7,13,20H,2-5,8-12H2,1H3,(H,21,24). The van der Waals surface area contributed by atoms with Gasteiger partial charge in [0.25, 0.3) is 0 Å². The molecule has 7 nitrogen and oxygen atoms in total. The SMILES string of the molecule is CS(=O)(=O)C1(C(=O)Nc2ccc3c(c2)nc2n3CCCCC2)CCNCC1. The van der Waals surface area contributed by atoms with Crippen molar-refractivity contribution in [3.8, 4) is 0 Å². The van der Waals surface area contributed by atoms with Crippen LogP contribution in [0.1, 0.15) is 37.9 Å². The Morgan fingerprint density at radius 3 is 2.74 bits per heavy atom. The number of carbonyl (C=O) groups excluding carboxylic acids is 1. The quantitative estimate of drug-likeness (QED) is 0.835. The van der Waals surface area contributed by atoms with Gasteiger partial charge in [0, 0.05) is 24.9 Å². The van der Waals surface area contributed by atoms with E-state index in [2.05, 4.69) is 15.2 Å². The van der Waals surface area contributed by atoms with Crippen molar-refractivity contribution in [2.24, 2.45) is 0 Å². The Hall–Kier alpha value is -1.93. The van der Waals surface area contributed by atoms with E-state index in [1.807, 2.05) is 18.2 Å². The minimum atomic E-state index is -3.53. The molecule has 1 saturated heterocycles. The van der Waals surface area contributed by atoms with Gasteiger partial charge in [-0.25, -0.2) is 13.4 Å². The average Bonchev–Trinajstić information content (AvgIpc) is 2.81. The third-order valence-corrected chi connectivity index (χ3v) is 7.92. The lowest BCUT2D eigenvalue weighted by molar-refractivity contribution is -0.119. The fraction of sp³-hybridized carbons (Fsp3) is 0.579. The van der Waals surface area contributed by atoms with Gasteiger partial charge in [-0.1, -0.05) is 6.42 Å². The number of imidazole rings is 1. The zero-order valence-corrected chi connectivity index (χ0v) is 16.4. The smallest absolute Gasteiger partial charge is 0.245 e. The molecule has 0 aliphatic carbocycles. The average molecular weight is 391 g/mol. The van der Waals surface area contributed by atoms with Crippen LogP contribution < -0.4 is 10.6 Å². The molecular formula is C19H26N4O3S. The molecule has 0 saturated carbocycles. The van der Waals surface area contributed by atoms with Gasteiger partial charge in [-0.05, 0) is 57.0 Å². The first kappa shape index (κ1) is 18.4. The fourth-order valence-electron chi connectivity index (χ4n) is 4.27. The maximum atomic E-state index is 13.0. The first-order valence-corrected chi connectivity index (χ1v) is 11.5. The Morgan fingerprint density at radius 2 is 2.00 bits per heavy atom. The van der Waals surface area contributed by atoms with Crippen molar-refractivity contribution in [2.45, 2.75) is 49.8 Å². The van der Waals surface area contributed by atoms with Gasteiger partial charge in [0.05, 0.1) is 11.0 Å². The third kappa shape index (κ3) is 3.25. The summed E-state index contributed by atoms with van der Waals surface area (Å²) in [6.45, 7) is 2.02. The number of nitrogens with zero attached hydrogens (tertiary/aromatic N) is 2. The summed E-state index contributed by atoms with van der Waals surface area (Å²) >= 11 is 0. The van der Waals surface area contributed by atoms with E-state index in [1.54, 1.807) is 0 Å². The van der Waals surface area contributed by atoms with Crippen molar-refractivity contribution < 1.29 is 13.2 Å². The molecule has 1 aromatic carbocycles. The molecule has 8 heteroatoms. The second kappa shape index (κ2) is 6.91. The molecule has 27 heavy (non-hydrogen) atoms. The number of amides is 1. The molecule has 3 heterocycles. The van der Waals surface area contributed by atoms with E-state index >= 15 is 0 Å². The number of carbonyl (C=O) groups is 1. The summed E-state index contributed by atoms with van der Waals surface area (Å²) in [5, 5.41) is 5.98. The number of aryl methyl sites for hydroxylation is 2. The number of hydrogen-bond donors (Lipinski definition) is 2. The van der Waals surface area contributed by atoms with E-state index < -0.39 is 20.5 Å². The van der Waals surface area contributed by atoms with Crippen LogP contribution in [0, 0.1) is 0 Å². The van der Waals surface area contributed by atoms with Crippen molar-refractivity contribution in [1.29, 1.82) is 0 Å². The number of hydrogen-bond acceptors (Lipinski definition) is 5. The molecular weight excluding hydrogens is 364 g/mol. The molecule has 2 aliphatic heterocycles. The summed E-state index contributed by atoms with van der Waals surface area (Å²) in [6, 6.07) is 5.67. The first-order chi connectivity index (χ1) is 12.9. The number of benzene rings is 1. The molecule has 0 bridgehead atoms. The van der Waals surface area contributed by atoms with Crippen LogP contribution in [0.5, 0.6) is 0 Å². The predicted octanol–water partition coefficient (Wildman–Crippen LogP) is 1.87. The van der Waals surface area contributed by atoms with Crippen molar-refractivity contribution in [3.05, 3.63) is 24.0 Å². The normalized spacial score (nSPS) is 20.0. The van der Waals surface area contributed by atoms with Crippen LogP contribution in [-0.2, 0) is 27.6 Å². The predicted molar refractivity (Wildman–Crippen MR) is 106 cm³/mol. The van der Waals surface area contributed by atoms with Crippen LogP contribution in [0.3, 0.4) is 0 Å². The van der Waals surface area contributed by atoms with Gasteiger partial charge in [-0.15, -0.1) is 0 Å². The number of anilines is 1. The first-order valence-electron chi connectivity index (χ1n) is 9.62. The highest BCUT2D eigenvalue weighted by atomic mass is 32.2. The number of piperidine rings is 1. The lowest BCUT2D eigenvalue weighted by Gasteiger charge is -2.34. The summed E-state index contributed by atoms with van der Waals surface area (Å²) in [4.78, 5) is 17.7. The molecule has 2 aromatic rings. The van der Waals surface area contributed by atoms with Gasteiger partial charge < -0.3 is 15.2 Å². The molecule has 2 N–H and O–H groups in total. The van der Waals surface area contributed by atoms with Gasteiger partial charge in [-0.2, -0.15) is 0 Å². The van der Waals surface area contributed by atoms with Crippen molar-refractivity contribution >= 4 is 32.5 Å². The molecule has 0 radical (unpaired) electrons. The molecule has 1 amide bonds. The monoisotopic (exact) mass is 390 g/mol. The van der Waals surface area contributed by atoms with Crippen LogP contribution in [0.2, 0.25) is 0 Å². The van der Waals surface area contributed by atoms with Crippen molar-refractivity contribution in [1.82, 2.24) is 14.9 Å².